The van der Waals surface area contributed by atoms with Crippen LogP contribution < -0.4 is 5.32 Å². The summed E-state index contributed by atoms with van der Waals surface area (Å²) in [7, 11) is 0. The molecule has 1 aliphatic rings. The molecular formula is C14H18ClN3O2S. The quantitative estimate of drug-likeness (QED) is 0.485. The fourth-order valence-electron chi connectivity index (χ4n) is 2.07. The van der Waals surface area contributed by atoms with Gasteiger partial charge in [-0.3, -0.25) is 10.1 Å². The summed E-state index contributed by atoms with van der Waals surface area (Å²) in [5.74, 6) is 0.719. The Hall–Kier alpha value is -1.40. The molecule has 1 fully saturated rings. The third-order valence-electron chi connectivity index (χ3n) is 3.36. The van der Waals surface area contributed by atoms with E-state index in [1.807, 2.05) is 0 Å². The number of nitrogens with zero attached hydrogens (tertiary/aromatic N) is 2. The average Bonchev–Trinajstić information content (AvgIpc) is 3.24. The normalized spacial score (nSPS) is 13.8. The third kappa shape index (κ3) is 4.54. The molecule has 1 aliphatic carbocycles. The second-order valence-corrected chi connectivity index (χ2v) is 6.03. The van der Waals surface area contributed by atoms with Crippen LogP contribution in [-0.4, -0.2) is 28.0 Å². The number of benzene rings is 1. The summed E-state index contributed by atoms with van der Waals surface area (Å²) in [6.45, 7) is 3.91. The molecule has 5 nitrogen and oxygen atoms in total. The molecule has 1 saturated carbocycles. The minimum Gasteiger partial charge on any atom is -0.349 e. The molecule has 0 saturated heterocycles. The van der Waals surface area contributed by atoms with Crippen LogP contribution in [0.25, 0.3) is 0 Å². The molecule has 0 aliphatic heterocycles. The summed E-state index contributed by atoms with van der Waals surface area (Å²) in [5, 5.41) is 14.9. The van der Waals surface area contributed by atoms with Gasteiger partial charge in [0.15, 0.2) is 5.11 Å². The van der Waals surface area contributed by atoms with Gasteiger partial charge in [-0.1, -0.05) is 18.5 Å². The summed E-state index contributed by atoms with van der Waals surface area (Å²) >= 11 is 11.5. The van der Waals surface area contributed by atoms with Crippen LogP contribution in [0.1, 0.15) is 26.2 Å². The van der Waals surface area contributed by atoms with Crippen LogP contribution >= 0.6 is 23.8 Å². The van der Waals surface area contributed by atoms with Gasteiger partial charge in [-0.05, 0) is 43.5 Å². The molecule has 21 heavy (non-hydrogen) atoms. The van der Waals surface area contributed by atoms with Crippen molar-refractivity contribution in [2.45, 2.75) is 26.2 Å². The monoisotopic (exact) mass is 327 g/mol. The first-order chi connectivity index (χ1) is 10.0. The van der Waals surface area contributed by atoms with Crippen molar-refractivity contribution in [1.82, 2.24) is 4.90 Å². The Morgan fingerprint density at radius 2 is 2.29 bits per heavy atom. The Morgan fingerprint density at radius 1 is 1.57 bits per heavy atom. The molecule has 1 N–H and O–H groups in total. The lowest BCUT2D eigenvalue weighted by Crippen LogP contribution is -2.37. The maximum atomic E-state index is 10.8. The number of hydrogen-bond acceptors (Lipinski definition) is 3. The van der Waals surface area contributed by atoms with Crippen LogP contribution in [0.4, 0.5) is 11.4 Å². The van der Waals surface area contributed by atoms with Crippen molar-refractivity contribution in [3.05, 3.63) is 33.3 Å². The number of anilines is 1. The van der Waals surface area contributed by atoms with Gasteiger partial charge >= 0.3 is 0 Å². The molecule has 0 heterocycles. The lowest BCUT2D eigenvalue weighted by molar-refractivity contribution is -0.384. The topological polar surface area (TPSA) is 58.4 Å². The minimum atomic E-state index is -0.446. The molecule has 1 aromatic rings. The van der Waals surface area contributed by atoms with E-state index in [9.17, 15) is 10.1 Å². The number of non-ortho nitro benzene ring substituents is 1. The first-order valence-electron chi connectivity index (χ1n) is 7.01. The van der Waals surface area contributed by atoms with Crippen molar-refractivity contribution in [1.29, 1.82) is 0 Å². The molecule has 0 atom stereocenters. The molecule has 0 aromatic heterocycles. The minimum absolute atomic E-state index is 0.00562. The number of hydrogen-bond donors (Lipinski definition) is 1. The van der Waals surface area contributed by atoms with E-state index in [1.165, 1.54) is 31.0 Å². The van der Waals surface area contributed by atoms with Crippen molar-refractivity contribution in [2.24, 2.45) is 5.92 Å². The van der Waals surface area contributed by atoms with E-state index in [0.29, 0.717) is 15.8 Å². The van der Waals surface area contributed by atoms with Crippen molar-refractivity contribution < 1.29 is 4.92 Å². The van der Waals surface area contributed by atoms with E-state index in [-0.39, 0.29) is 5.69 Å². The van der Waals surface area contributed by atoms with Crippen molar-refractivity contribution in [3.63, 3.8) is 0 Å². The zero-order valence-electron chi connectivity index (χ0n) is 11.8. The number of nitrogens with one attached hydrogen (secondary N) is 1. The van der Waals surface area contributed by atoms with Crippen LogP contribution in [-0.2, 0) is 0 Å². The van der Waals surface area contributed by atoms with Crippen molar-refractivity contribution in [2.75, 3.05) is 18.4 Å². The number of halogens is 1. The zero-order valence-corrected chi connectivity index (χ0v) is 13.4. The van der Waals surface area contributed by atoms with Gasteiger partial charge in [0.2, 0.25) is 0 Å². The van der Waals surface area contributed by atoms with Crippen LogP contribution in [0, 0.1) is 16.0 Å². The smallest absolute Gasteiger partial charge is 0.271 e. The van der Waals surface area contributed by atoms with Crippen LogP contribution in [0.15, 0.2) is 18.2 Å². The Morgan fingerprint density at radius 3 is 2.86 bits per heavy atom. The Kier molecular flexibility index (Phi) is 5.36. The zero-order chi connectivity index (χ0) is 15.4. The second-order valence-electron chi connectivity index (χ2n) is 5.24. The fraction of sp³-hybridized carbons (Fsp3) is 0.500. The predicted octanol–water partition coefficient (Wildman–Crippen LogP) is 4.07. The maximum absolute atomic E-state index is 10.8. The van der Waals surface area contributed by atoms with Gasteiger partial charge in [0.25, 0.3) is 5.69 Å². The molecular weight excluding hydrogens is 310 g/mol. The van der Waals surface area contributed by atoms with Gasteiger partial charge in [-0.2, -0.15) is 0 Å². The van der Waals surface area contributed by atoms with Crippen molar-refractivity contribution >= 4 is 40.3 Å². The lowest BCUT2D eigenvalue weighted by Gasteiger charge is -2.25. The van der Waals surface area contributed by atoms with E-state index in [1.54, 1.807) is 0 Å². The molecule has 0 spiro atoms. The van der Waals surface area contributed by atoms with Crippen LogP contribution in [0.5, 0.6) is 0 Å². The number of nitro benzene ring substituents is 1. The SMILES string of the molecule is CCCN(CC1CC1)C(=S)Nc1cc([N+](=O)[O-])ccc1Cl. The van der Waals surface area contributed by atoms with E-state index >= 15 is 0 Å². The second kappa shape index (κ2) is 7.04. The molecule has 0 radical (unpaired) electrons. The van der Waals surface area contributed by atoms with Crippen LogP contribution in [0.3, 0.4) is 0 Å². The largest absolute Gasteiger partial charge is 0.349 e. The summed E-state index contributed by atoms with van der Waals surface area (Å²) < 4.78 is 0. The molecule has 114 valence electrons. The van der Waals surface area contributed by atoms with Crippen molar-refractivity contribution in [3.8, 4) is 0 Å². The van der Waals surface area contributed by atoms with E-state index in [0.717, 1.165) is 25.4 Å². The predicted molar refractivity (Wildman–Crippen MR) is 88.9 cm³/mol. The van der Waals surface area contributed by atoms with Gasteiger partial charge in [0, 0.05) is 25.2 Å². The molecule has 0 unspecified atom stereocenters. The lowest BCUT2D eigenvalue weighted by atomic mass is 10.3. The molecule has 0 amide bonds. The Labute approximate surface area is 134 Å². The highest BCUT2D eigenvalue weighted by Crippen LogP contribution is 2.31. The number of rotatable bonds is 6. The van der Waals surface area contributed by atoms with Gasteiger partial charge in [-0.15, -0.1) is 0 Å². The highest BCUT2D eigenvalue weighted by molar-refractivity contribution is 7.80. The van der Waals surface area contributed by atoms with Gasteiger partial charge in [0.1, 0.15) is 0 Å². The molecule has 1 aromatic carbocycles. The number of nitro groups is 1. The first kappa shape index (κ1) is 16.0. The Bertz CT molecular complexity index is 549. The van der Waals surface area contributed by atoms with E-state index < -0.39 is 4.92 Å². The van der Waals surface area contributed by atoms with E-state index in [4.69, 9.17) is 23.8 Å². The van der Waals surface area contributed by atoms with Gasteiger partial charge in [0.05, 0.1) is 15.6 Å². The standard InChI is InChI=1S/C14H18ClN3O2S/c1-2-7-17(9-10-3-4-10)14(21)16-13-8-11(18(19)20)5-6-12(13)15/h5-6,8,10H,2-4,7,9H2,1H3,(H,16,21). The summed E-state index contributed by atoms with van der Waals surface area (Å²) in [5.41, 5.74) is 0.474. The highest BCUT2D eigenvalue weighted by atomic mass is 35.5. The highest BCUT2D eigenvalue weighted by Gasteiger charge is 2.25. The van der Waals surface area contributed by atoms with E-state index in [2.05, 4.69) is 17.1 Å². The van der Waals surface area contributed by atoms with Crippen LogP contribution in [0.2, 0.25) is 5.02 Å². The fourth-order valence-corrected chi connectivity index (χ4v) is 2.52. The molecule has 0 bridgehead atoms. The summed E-state index contributed by atoms with van der Waals surface area (Å²) in [6.07, 6.45) is 3.50. The molecule has 2 rings (SSSR count). The average molecular weight is 328 g/mol. The third-order valence-corrected chi connectivity index (χ3v) is 4.05. The van der Waals surface area contributed by atoms with Gasteiger partial charge in [-0.25, -0.2) is 0 Å². The number of thiocarbonyl (C=S) groups is 1. The summed E-state index contributed by atoms with van der Waals surface area (Å²) in [6, 6.07) is 4.30. The Balaban J connectivity index is 2.09. The summed E-state index contributed by atoms with van der Waals surface area (Å²) in [4.78, 5) is 12.5. The molecule has 7 heteroatoms. The van der Waals surface area contributed by atoms with Gasteiger partial charge < -0.3 is 10.2 Å². The first-order valence-corrected chi connectivity index (χ1v) is 7.79. The maximum Gasteiger partial charge on any atom is 0.271 e.